The molecule has 2 amide bonds. The molecule has 0 bridgehead atoms. The molecule has 35 heavy (non-hydrogen) atoms. The number of benzene rings is 3. The molecule has 0 atom stereocenters. The molecule has 180 valence electrons. The van der Waals surface area contributed by atoms with Crippen molar-refractivity contribution in [3.05, 3.63) is 60.2 Å². The Morgan fingerprint density at radius 2 is 1.60 bits per heavy atom. The molecule has 1 heterocycles. The van der Waals surface area contributed by atoms with Gasteiger partial charge in [0.1, 0.15) is 16.9 Å². The van der Waals surface area contributed by atoms with E-state index in [0.29, 0.717) is 39.8 Å². The van der Waals surface area contributed by atoms with Gasteiger partial charge in [-0.3, -0.25) is 9.59 Å². The Morgan fingerprint density at radius 1 is 0.857 bits per heavy atom. The topological polar surface area (TPSA) is 111 Å². The Bertz CT molecular complexity index is 1440. The normalized spacial score (nSPS) is 11.4. The van der Waals surface area contributed by atoms with Crippen LogP contribution in [0.5, 0.6) is 17.2 Å². The van der Waals surface area contributed by atoms with E-state index >= 15 is 0 Å². The summed E-state index contributed by atoms with van der Waals surface area (Å²) in [5.41, 5.74) is 5.07. The predicted molar refractivity (Wildman–Crippen MR) is 134 cm³/mol. The van der Waals surface area contributed by atoms with Gasteiger partial charge in [-0.15, -0.1) is 0 Å². The Hall–Kier alpha value is -4.53. The fraction of sp³-hybridized carbons (Fsp3) is 0.192. The highest BCUT2D eigenvalue weighted by Gasteiger charge is 2.15. The largest absolute Gasteiger partial charge is 0.495 e. The van der Waals surface area contributed by atoms with Crippen molar-refractivity contribution in [2.24, 2.45) is 5.10 Å². The fourth-order valence-corrected chi connectivity index (χ4v) is 3.67. The van der Waals surface area contributed by atoms with Crippen LogP contribution >= 0.6 is 0 Å². The number of methoxy groups -OCH3 is 3. The number of furan rings is 1. The van der Waals surface area contributed by atoms with Gasteiger partial charge >= 0.3 is 0 Å². The SMILES string of the molecule is COc1cc2c(cc1NC(=O)C/C(C)=N/NC(=O)c1ccc(OC)c(OC)c1)oc1ccccc12. The molecule has 9 heteroatoms. The molecule has 0 fully saturated rings. The van der Waals surface area contributed by atoms with Gasteiger partial charge in [-0.25, -0.2) is 5.43 Å². The second kappa shape index (κ2) is 10.2. The molecule has 0 aliphatic rings. The second-order valence-electron chi connectivity index (χ2n) is 7.73. The quantitative estimate of drug-likeness (QED) is 0.281. The van der Waals surface area contributed by atoms with Crippen molar-refractivity contribution in [3.8, 4) is 17.2 Å². The monoisotopic (exact) mass is 475 g/mol. The summed E-state index contributed by atoms with van der Waals surface area (Å²) in [4.78, 5) is 25.1. The van der Waals surface area contributed by atoms with Gasteiger partial charge < -0.3 is 23.9 Å². The van der Waals surface area contributed by atoms with Crippen molar-refractivity contribution in [1.82, 2.24) is 5.43 Å². The molecule has 4 aromatic rings. The molecular formula is C26H25N3O6. The first-order valence-electron chi connectivity index (χ1n) is 10.8. The number of fused-ring (bicyclic) bond motifs is 3. The number of nitrogens with one attached hydrogen (secondary N) is 2. The van der Waals surface area contributed by atoms with Crippen molar-refractivity contribution >= 4 is 45.2 Å². The van der Waals surface area contributed by atoms with E-state index in [2.05, 4.69) is 15.8 Å². The lowest BCUT2D eigenvalue weighted by Crippen LogP contribution is -2.21. The smallest absolute Gasteiger partial charge is 0.271 e. The van der Waals surface area contributed by atoms with Crippen LogP contribution in [0.1, 0.15) is 23.7 Å². The number of nitrogens with zero attached hydrogens (tertiary/aromatic N) is 1. The molecule has 0 spiro atoms. The van der Waals surface area contributed by atoms with Crippen LogP contribution in [0.4, 0.5) is 5.69 Å². The highest BCUT2D eigenvalue weighted by molar-refractivity contribution is 6.10. The van der Waals surface area contributed by atoms with Gasteiger partial charge in [0.2, 0.25) is 5.91 Å². The number of anilines is 1. The summed E-state index contributed by atoms with van der Waals surface area (Å²) in [6.07, 6.45) is -0.0342. The molecule has 0 saturated heterocycles. The summed E-state index contributed by atoms with van der Waals surface area (Å²) in [6, 6.07) is 16.0. The number of amides is 2. The first-order valence-corrected chi connectivity index (χ1v) is 10.8. The molecule has 0 aliphatic heterocycles. The number of carbonyl (C=O) groups excluding carboxylic acids is 2. The van der Waals surface area contributed by atoms with Gasteiger partial charge in [0.15, 0.2) is 11.5 Å². The molecule has 0 aliphatic carbocycles. The van der Waals surface area contributed by atoms with Crippen molar-refractivity contribution in [3.63, 3.8) is 0 Å². The van der Waals surface area contributed by atoms with Gasteiger partial charge in [0.05, 0.1) is 33.4 Å². The van der Waals surface area contributed by atoms with Crippen LogP contribution in [-0.4, -0.2) is 38.9 Å². The molecule has 4 rings (SSSR count). The van der Waals surface area contributed by atoms with Gasteiger partial charge in [0, 0.05) is 28.1 Å². The lowest BCUT2D eigenvalue weighted by molar-refractivity contribution is -0.115. The third-order valence-electron chi connectivity index (χ3n) is 5.38. The maximum Gasteiger partial charge on any atom is 0.271 e. The van der Waals surface area contributed by atoms with Crippen molar-refractivity contribution in [1.29, 1.82) is 0 Å². The Morgan fingerprint density at radius 3 is 2.34 bits per heavy atom. The summed E-state index contributed by atoms with van der Waals surface area (Å²) in [7, 11) is 4.54. The van der Waals surface area contributed by atoms with Crippen LogP contribution in [0.3, 0.4) is 0 Å². The molecule has 0 saturated carbocycles. The fourth-order valence-electron chi connectivity index (χ4n) is 3.67. The lowest BCUT2D eigenvalue weighted by Gasteiger charge is -2.11. The van der Waals surface area contributed by atoms with Crippen LogP contribution < -0.4 is 25.0 Å². The zero-order valence-corrected chi connectivity index (χ0v) is 19.8. The minimum Gasteiger partial charge on any atom is -0.495 e. The molecular weight excluding hydrogens is 450 g/mol. The van der Waals surface area contributed by atoms with E-state index < -0.39 is 5.91 Å². The van der Waals surface area contributed by atoms with E-state index in [1.54, 1.807) is 31.2 Å². The zero-order valence-electron chi connectivity index (χ0n) is 19.8. The van der Waals surface area contributed by atoms with Crippen LogP contribution in [0.15, 0.2) is 64.1 Å². The van der Waals surface area contributed by atoms with Crippen LogP contribution in [0, 0.1) is 0 Å². The Balaban J connectivity index is 1.44. The van der Waals surface area contributed by atoms with E-state index in [-0.39, 0.29) is 12.3 Å². The molecule has 3 aromatic carbocycles. The summed E-state index contributed by atoms with van der Waals surface area (Å²) < 4.78 is 21.8. The number of carbonyl (C=O) groups is 2. The summed E-state index contributed by atoms with van der Waals surface area (Å²) in [6.45, 7) is 1.65. The number of ether oxygens (including phenoxy) is 3. The Labute approximate surface area is 201 Å². The maximum atomic E-state index is 12.6. The molecule has 0 unspecified atom stereocenters. The van der Waals surface area contributed by atoms with Crippen molar-refractivity contribution in [2.45, 2.75) is 13.3 Å². The average molecular weight is 476 g/mol. The summed E-state index contributed by atoms with van der Waals surface area (Å²) >= 11 is 0. The van der Waals surface area contributed by atoms with E-state index in [9.17, 15) is 9.59 Å². The molecule has 0 radical (unpaired) electrons. The summed E-state index contributed by atoms with van der Waals surface area (Å²) in [5.74, 6) is 0.684. The first-order chi connectivity index (χ1) is 16.9. The minimum absolute atomic E-state index is 0.0342. The van der Waals surface area contributed by atoms with Gasteiger partial charge in [-0.2, -0.15) is 5.10 Å². The van der Waals surface area contributed by atoms with E-state index in [1.807, 2.05) is 30.3 Å². The lowest BCUT2D eigenvalue weighted by atomic mass is 10.1. The minimum atomic E-state index is -0.442. The number of hydrogen-bond acceptors (Lipinski definition) is 7. The van der Waals surface area contributed by atoms with Gasteiger partial charge in [-0.1, -0.05) is 18.2 Å². The second-order valence-corrected chi connectivity index (χ2v) is 7.73. The summed E-state index contributed by atoms with van der Waals surface area (Å²) in [5, 5.41) is 8.72. The third-order valence-corrected chi connectivity index (χ3v) is 5.38. The molecule has 9 nitrogen and oxygen atoms in total. The van der Waals surface area contributed by atoms with Crippen molar-refractivity contribution < 1.29 is 28.2 Å². The van der Waals surface area contributed by atoms with E-state index in [1.165, 1.54) is 21.3 Å². The number of para-hydroxylation sites is 1. The van der Waals surface area contributed by atoms with Crippen LogP contribution in [0.2, 0.25) is 0 Å². The number of hydrazone groups is 1. The zero-order chi connectivity index (χ0) is 24.9. The van der Waals surface area contributed by atoms with Crippen LogP contribution in [0.25, 0.3) is 21.9 Å². The third kappa shape index (κ3) is 5.03. The maximum absolute atomic E-state index is 12.6. The molecule has 1 aromatic heterocycles. The first kappa shape index (κ1) is 23.6. The van der Waals surface area contributed by atoms with Crippen LogP contribution in [-0.2, 0) is 4.79 Å². The number of rotatable bonds is 8. The van der Waals surface area contributed by atoms with Crippen molar-refractivity contribution in [2.75, 3.05) is 26.6 Å². The predicted octanol–water partition coefficient (Wildman–Crippen LogP) is 4.75. The van der Waals surface area contributed by atoms with E-state index in [4.69, 9.17) is 18.6 Å². The standard InChI is InChI=1S/C26H25N3O6/c1-15(28-29-26(31)16-9-10-21(32-2)24(12-16)34-4)11-25(30)27-19-14-22-18(13-23(19)33-3)17-7-5-6-8-20(17)35-22/h5-10,12-14H,11H2,1-4H3,(H,27,30)(H,29,31)/b28-15+. The number of hydrogen-bond donors (Lipinski definition) is 2. The highest BCUT2D eigenvalue weighted by atomic mass is 16.5. The Kier molecular flexibility index (Phi) is 6.86. The van der Waals surface area contributed by atoms with Gasteiger partial charge in [0.25, 0.3) is 5.91 Å². The van der Waals surface area contributed by atoms with E-state index in [0.717, 1.165) is 16.4 Å². The average Bonchev–Trinajstić information content (AvgIpc) is 3.23. The van der Waals surface area contributed by atoms with Gasteiger partial charge in [-0.05, 0) is 37.3 Å². The molecule has 2 N–H and O–H groups in total. The highest BCUT2D eigenvalue weighted by Crippen LogP contribution is 2.36.